The van der Waals surface area contributed by atoms with E-state index in [1.807, 2.05) is 13.0 Å². The van der Waals surface area contributed by atoms with Gasteiger partial charge in [0.25, 0.3) is 5.91 Å². The van der Waals surface area contributed by atoms with Gasteiger partial charge in [-0.15, -0.1) is 0 Å². The van der Waals surface area contributed by atoms with Crippen molar-refractivity contribution in [2.24, 2.45) is 5.73 Å². The van der Waals surface area contributed by atoms with Gasteiger partial charge in [-0.3, -0.25) is 9.59 Å². The number of benzene rings is 2. The van der Waals surface area contributed by atoms with E-state index in [2.05, 4.69) is 5.32 Å². The lowest BCUT2D eigenvalue weighted by Crippen LogP contribution is -2.14. The molecule has 0 saturated carbocycles. The monoisotopic (exact) mass is 402 g/mol. The summed E-state index contributed by atoms with van der Waals surface area (Å²) in [5, 5.41) is 12.1. The van der Waals surface area contributed by atoms with Gasteiger partial charge in [0.2, 0.25) is 5.91 Å². The molecular formula is C23H19FN4O2. The molecule has 0 aliphatic carbocycles. The molecular weight excluding hydrogens is 383 g/mol. The molecule has 2 amide bonds. The van der Waals surface area contributed by atoms with Gasteiger partial charge in [0, 0.05) is 22.6 Å². The Morgan fingerprint density at radius 2 is 1.80 bits per heavy atom. The third-order valence-electron chi connectivity index (χ3n) is 4.66. The highest BCUT2D eigenvalue weighted by Gasteiger charge is 2.15. The summed E-state index contributed by atoms with van der Waals surface area (Å²) in [6.45, 7) is 3.61. The van der Waals surface area contributed by atoms with Crippen LogP contribution in [0.4, 0.5) is 10.1 Å². The quantitative estimate of drug-likeness (QED) is 0.500. The van der Waals surface area contributed by atoms with Crippen molar-refractivity contribution in [3.63, 3.8) is 0 Å². The fourth-order valence-electron chi connectivity index (χ4n) is 3.16. The Labute approximate surface area is 173 Å². The fourth-order valence-corrected chi connectivity index (χ4v) is 3.16. The van der Waals surface area contributed by atoms with Gasteiger partial charge in [-0.05, 0) is 68.0 Å². The number of para-hydroxylation sites is 1. The zero-order valence-electron chi connectivity index (χ0n) is 16.4. The minimum atomic E-state index is -0.597. The van der Waals surface area contributed by atoms with Crippen LogP contribution in [-0.2, 0) is 4.79 Å². The van der Waals surface area contributed by atoms with Gasteiger partial charge in [0.15, 0.2) is 0 Å². The number of amides is 2. The van der Waals surface area contributed by atoms with Gasteiger partial charge < -0.3 is 15.6 Å². The summed E-state index contributed by atoms with van der Waals surface area (Å²) in [4.78, 5) is 23.7. The predicted octanol–water partition coefficient (Wildman–Crippen LogP) is 3.88. The Hall–Kier alpha value is -4.18. The molecule has 0 saturated heterocycles. The van der Waals surface area contributed by atoms with Gasteiger partial charge in [0.1, 0.15) is 17.5 Å². The lowest BCUT2D eigenvalue weighted by atomic mass is 10.1. The highest BCUT2D eigenvalue weighted by Crippen LogP contribution is 2.24. The predicted molar refractivity (Wildman–Crippen MR) is 112 cm³/mol. The molecule has 0 unspecified atom stereocenters. The van der Waals surface area contributed by atoms with E-state index in [1.165, 1.54) is 36.4 Å². The number of aromatic nitrogens is 1. The number of primary amides is 1. The Bertz CT molecular complexity index is 1200. The van der Waals surface area contributed by atoms with Crippen LogP contribution in [0.2, 0.25) is 0 Å². The maximum Gasteiger partial charge on any atom is 0.266 e. The molecule has 1 heterocycles. The second kappa shape index (κ2) is 8.45. The van der Waals surface area contributed by atoms with E-state index in [9.17, 15) is 19.2 Å². The lowest BCUT2D eigenvalue weighted by Gasteiger charge is -2.10. The molecule has 0 radical (unpaired) electrons. The van der Waals surface area contributed by atoms with Crippen LogP contribution in [0, 0.1) is 31.0 Å². The molecule has 0 fully saturated rings. The van der Waals surface area contributed by atoms with Gasteiger partial charge in [-0.2, -0.15) is 5.26 Å². The number of aryl methyl sites for hydroxylation is 1. The van der Waals surface area contributed by atoms with Crippen LogP contribution in [0.5, 0.6) is 0 Å². The number of hydrogen-bond donors (Lipinski definition) is 2. The molecule has 3 N–H and O–H groups in total. The zero-order chi connectivity index (χ0) is 21.8. The Morgan fingerprint density at radius 1 is 1.13 bits per heavy atom. The van der Waals surface area contributed by atoms with Crippen LogP contribution in [0.1, 0.15) is 27.3 Å². The number of carbonyl (C=O) groups excluding carboxylic acids is 2. The number of nitrogens with zero attached hydrogens (tertiary/aromatic N) is 2. The van der Waals surface area contributed by atoms with Crippen LogP contribution in [-0.4, -0.2) is 16.4 Å². The summed E-state index contributed by atoms with van der Waals surface area (Å²) >= 11 is 0. The molecule has 3 aromatic rings. The molecule has 0 aliphatic heterocycles. The van der Waals surface area contributed by atoms with E-state index in [-0.39, 0.29) is 11.4 Å². The fraction of sp³-hybridized carbons (Fsp3) is 0.0870. The van der Waals surface area contributed by atoms with Crippen LogP contribution in [0.15, 0.2) is 60.2 Å². The van der Waals surface area contributed by atoms with Crippen molar-refractivity contribution in [3.05, 3.63) is 88.5 Å². The average Bonchev–Trinajstić information content (AvgIpc) is 3.00. The molecule has 7 heteroatoms. The molecule has 3 rings (SSSR count). The summed E-state index contributed by atoms with van der Waals surface area (Å²) in [7, 11) is 0. The average molecular weight is 402 g/mol. The first-order valence-corrected chi connectivity index (χ1v) is 9.08. The van der Waals surface area contributed by atoms with Crippen molar-refractivity contribution in [3.8, 4) is 11.8 Å². The summed E-state index contributed by atoms with van der Waals surface area (Å²) < 4.78 is 16.0. The second-order valence-corrected chi connectivity index (χ2v) is 6.68. The summed E-state index contributed by atoms with van der Waals surface area (Å²) in [5.41, 5.74) is 8.31. The van der Waals surface area contributed by atoms with Crippen molar-refractivity contribution in [1.29, 1.82) is 5.26 Å². The third-order valence-corrected chi connectivity index (χ3v) is 4.66. The van der Waals surface area contributed by atoms with Gasteiger partial charge in [-0.25, -0.2) is 4.39 Å². The highest BCUT2D eigenvalue weighted by molar-refractivity contribution is 6.10. The first kappa shape index (κ1) is 20.6. The molecule has 0 aliphatic rings. The van der Waals surface area contributed by atoms with Crippen molar-refractivity contribution in [2.45, 2.75) is 13.8 Å². The number of carbonyl (C=O) groups is 2. The number of anilines is 1. The van der Waals surface area contributed by atoms with Crippen molar-refractivity contribution in [2.75, 3.05) is 5.32 Å². The molecule has 2 aromatic carbocycles. The van der Waals surface area contributed by atoms with Gasteiger partial charge in [-0.1, -0.05) is 12.1 Å². The first-order chi connectivity index (χ1) is 14.3. The molecule has 6 nitrogen and oxygen atoms in total. The van der Waals surface area contributed by atoms with E-state index in [1.54, 1.807) is 35.8 Å². The van der Waals surface area contributed by atoms with Crippen LogP contribution >= 0.6 is 0 Å². The molecule has 0 spiro atoms. The molecule has 0 atom stereocenters. The number of hydrogen-bond acceptors (Lipinski definition) is 3. The number of rotatable bonds is 5. The van der Waals surface area contributed by atoms with Crippen LogP contribution in [0.25, 0.3) is 11.8 Å². The Morgan fingerprint density at radius 3 is 2.40 bits per heavy atom. The summed E-state index contributed by atoms with van der Waals surface area (Å²) in [6.07, 6.45) is 1.47. The smallest absolute Gasteiger partial charge is 0.266 e. The van der Waals surface area contributed by atoms with Crippen molar-refractivity contribution >= 4 is 23.6 Å². The summed E-state index contributed by atoms with van der Waals surface area (Å²) in [5.74, 6) is -1.54. The standard InChI is InChI=1S/C23H19FN4O2/c1-14-11-17(15(2)28(14)21-6-4-3-5-20(21)24)12-18(13-25)23(30)27-19-9-7-16(8-10-19)22(26)29/h3-12H,1-2H3,(H2,26,29)(H,27,30)/b18-12+. The van der Waals surface area contributed by atoms with Crippen molar-refractivity contribution in [1.82, 2.24) is 4.57 Å². The molecule has 1 aromatic heterocycles. The second-order valence-electron chi connectivity index (χ2n) is 6.68. The van der Waals surface area contributed by atoms with E-state index < -0.39 is 11.8 Å². The Balaban J connectivity index is 1.90. The van der Waals surface area contributed by atoms with Crippen molar-refractivity contribution < 1.29 is 14.0 Å². The number of nitriles is 1. The first-order valence-electron chi connectivity index (χ1n) is 9.08. The minimum absolute atomic E-state index is 0.109. The number of nitrogens with two attached hydrogens (primary N) is 1. The highest BCUT2D eigenvalue weighted by atomic mass is 19.1. The number of nitrogens with one attached hydrogen (secondary N) is 1. The largest absolute Gasteiger partial charge is 0.366 e. The summed E-state index contributed by atoms with van der Waals surface area (Å²) in [6, 6.07) is 16.1. The van der Waals surface area contributed by atoms with E-state index in [4.69, 9.17) is 5.73 Å². The molecule has 30 heavy (non-hydrogen) atoms. The van der Waals surface area contributed by atoms with E-state index >= 15 is 0 Å². The van der Waals surface area contributed by atoms with Crippen LogP contribution in [0.3, 0.4) is 0 Å². The topological polar surface area (TPSA) is 101 Å². The zero-order valence-corrected chi connectivity index (χ0v) is 16.4. The number of halogens is 1. The molecule has 150 valence electrons. The lowest BCUT2D eigenvalue weighted by molar-refractivity contribution is -0.112. The maximum atomic E-state index is 14.2. The minimum Gasteiger partial charge on any atom is -0.366 e. The third kappa shape index (κ3) is 4.13. The van der Waals surface area contributed by atoms with Crippen LogP contribution < -0.4 is 11.1 Å². The molecule has 0 bridgehead atoms. The van der Waals surface area contributed by atoms with Gasteiger partial charge in [0.05, 0.1) is 5.69 Å². The Kier molecular flexibility index (Phi) is 5.79. The van der Waals surface area contributed by atoms with Gasteiger partial charge >= 0.3 is 0 Å². The van der Waals surface area contributed by atoms with E-state index in [0.717, 1.165) is 5.69 Å². The SMILES string of the molecule is Cc1cc(/C=C(\C#N)C(=O)Nc2ccc(C(N)=O)cc2)c(C)n1-c1ccccc1F. The normalized spacial score (nSPS) is 11.1. The maximum absolute atomic E-state index is 14.2. The van der Waals surface area contributed by atoms with E-state index in [0.29, 0.717) is 28.2 Å².